The molecule has 0 atom stereocenters. The van der Waals surface area contributed by atoms with Crippen LogP contribution >= 0.6 is 11.6 Å². The molecule has 1 amide bonds. The molecule has 0 radical (unpaired) electrons. The zero-order valence-corrected chi connectivity index (χ0v) is 17.5. The number of sulfonamides is 1. The number of nitro benzene ring substituents is 1. The standard InChI is InChI=1S/C20H16ClN3O6S/c21-16-7-6-15(12-18(16)24(26)27)31(28,29)22-14-5-8-17-13(11-14)3-1-9-23(17)20(25)19-4-2-10-30-19/h2,4-8,10-12,22H,1,3,9H2. The average Bonchev–Trinajstić information content (AvgIpc) is 3.27. The number of aryl methyl sites for hydroxylation is 1. The predicted molar refractivity (Wildman–Crippen MR) is 114 cm³/mol. The molecule has 1 aromatic heterocycles. The Labute approximate surface area is 182 Å². The summed E-state index contributed by atoms with van der Waals surface area (Å²) in [5.41, 5.74) is 1.26. The van der Waals surface area contributed by atoms with E-state index < -0.39 is 20.6 Å². The first-order valence-corrected chi connectivity index (χ1v) is 11.1. The van der Waals surface area contributed by atoms with E-state index in [4.69, 9.17) is 16.0 Å². The average molecular weight is 462 g/mol. The molecule has 11 heteroatoms. The highest BCUT2D eigenvalue weighted by Gasteiger charge is 2.26. The Morgan fingerprint density at radius 2 is 2.00 bits per heavy atom. The van der Waals surface area contributed by atoms with E-state index in [2.05, 4.69) is 4.72 Å². The van der Waals surface area contributed by atoms with E-state index in [1.165, 1.54) is 24.5 Å². The van der Waals surface area contributed by atoms with Crippen LogP contribution < -0.4 is 9.62 Å². The lowest BCUT2D eigenvalue weighted by Crippen LogP contribution is -2.35. The molecule has 160 valence electrons. The molecule has 3 aromatic rings. The van der Waals surface area contributed by atoms with Crippen LogP contribution in [0.25, 0.3) is 0 Å². The van der Waals surface area contributed by atoms with Crippen molar-refractivity contribution >= 4 is 44.6 Å². The number of nitrogens with one attached hydrogen (secondary N) is 1. The molecule has 2 heterocycles. The second-order valence-electron chi connectivity index (χ2n) is 6.86. The number of carbonyl (C=O) groups excluding carboxylic acids is 1. The summed E-state index contributed by atoms with van der Waals surface area (Å²) in [5.74, 6) is -0.0466. The highest BCUT2D eigenvalue weighted by atomic mass is 35.5. The normalized spacial score (nSPS) is 13.5. The number of hydrogen-bond donors (Lipinski definition) is 1. The number of nitro groups is 1. The van der Waals surface area contributed by atoms with Crippen LogP contribution in [0.5, 0.6) is 0 Å². The number of benzene rings is 2. The van der Waals surface area contributed by atoms with E-state index in [1.54, 1.807) is 29.2 Å². The van der Waals surface area contributed by atoms with Crippen LogP contribution in [0.15, 0.2) is 64.1 Å². The molecule has 1 aliphatic heterocycles. The maximum absolute atomic E-state index is 12.7. The molecule has 1 aliphatic rings. The molecule has 9 nitrogen and oxygen atoms in total. The van der Waals surface area contributed by atoms with Gasteiger partial charge in [-0.15, -0.1) is 0 Å². The number of carbonyl (C=O) groups is 1. The molecule has 31 heavy (non-hydrogen) atoms. The Morgan fingerprint density at radius 1 is 1.19 bits per heavy atom. The smallest absolute Gasteiger partial charge is 0.293 e. The second-order valence-corrected chi connectivity index (χ2v) is 8.95. The van der Waals surface area contributed by atoms with Crippen LogP contribution in [0.3, 0.4) is 0 Å². The van der Waals surface area contributed by atoms with Crippen molar-refractivity contribution in [1.82, 2.24) is 0 Å². The minimum atomic E-state index is -4.09. The third-order valence-corrected chi connectivity index (χ3v) is 6.55. The number of halogens is 1. The van der Waals surface area contributed by atoms with Crippen molar-refractivity contribution in [3.8, 4) is 0 Å². The van der Waals surface area contributed by atoms with E-state index in [9.17, 15) is 23.3 Å². The number of anilines is 2. The first-order valence-electron chi connectivity index (χ1n) is 9.21. The van der Waals surface area contributed by atoms with Crippen LogP contribution in [-0.4, -0.2) is 25.8 Å². The topological polar surface area (TPSA) is 123 Å². The number of fused-ring (bicyclic) bond motifs is 1. The van der Waals surface area contributed by atoms with Gasteiger partial charge >= 0.3 is 0 Å². The lowest BCUT2D eigenvalue weighted by molar-refractivity contribution is -0.384. The molecule has 0 unspecified atom stereocenters. The summed E-state index contributed by atoms with van der Waals surface area (Å²) in [6, 6.07) is 11.3. The van der Waals surface area contributed by atoms with E-state index in [0.29, 0.717) is 25.1 Å². The van der Waals surface area contributed by atoms with Gasteiger partial charge in [-0.05, 0) is 60.9 Å². The van der Waals surface area contributed by atoms with E-state index in [1.807, 2.05) is 0 Å². The van der Waals surface area contributed by atoms with Gasteiger partial charge in [-0.2, -0.15) is 0 Å². The number of rotatable bonds is 5. The van der Waals surface area contributed by atoms with Gasteiger partial charge < -0.3 is 9.32 Å². The Balaban J connectivity index is 1.61. The van der Waals surface area contributed by atoms with E-state index >= 15 is 0 Å². The van der Waals surface area contributed by atoms with Gasteiger partial charge in [0.15, 0.2) is 5.76 Å². The molecule has 1 N–H and O–H groups in total. The van der Waals surface area contributed by atoms with Gasteiger partial charge in [0.25, 0.3) is 21.6 Å². The molecule has 0 aliphatic carbocycles. The fourth-order valence-corrected chi connectivity index (χ4v) is 4.67. The zero-order chi connectivity index (χ0) is 22.2. The number of furan rings is 1. The van der Waals surface area contributed by atoms with Gasteiger partial charge in [0.1, 0.15) is 5.02 Å². The van der Waals surface area contributed by atoms with Crippen molar-refractivity contribution in [2.45, 2.75) is 17.7 Å². The third kappa shape index (κ3) is 4.12. The Bertz CT molecular complexity index is 1270. The molecular weight excluding hydrogens is 446 g/mol. The summed E-state index contributed by atoms with van der Waals surface area (Å²) >= 11 is 5.76. The molecule has 0 saturated heterocycles. The van der Waals surface area contributed by atoms with Crippen molar-refractivity contribution < 1.29 is 22.6 Å². The maximum atomic E-state index is 12.7. The van der Waals surface area contributed by atoms with Crippen molar-refractivity contribution in [3.05, 3.63) is 81.3 Å². The van der Waals surface area contributed by atoms with Gasteiger partial charge in [-0.25, -0.2) is 8.42 Å². The number of amides is 1. The fourth-order valence-electron chi connectivity index (χ4n) is 3.42. The van der Waals surface area contributed by atoms with Crippen LogP contribution in [0, 0.1) is 10.1 Å². The second kappa shape index (κ2) is 8.05. The first kappa shape index (κ1) is 20.9. The highest BCUT2D eigenvalue weighted by molar-refractivity contribution is 7.92. The quantitative estimate of drug-likeness (QED) is 0.448. The highest BCUT2D eigenvalue weighted by Crippen LogP contribution is 2.32. The largest absolute Gasteiger partial charge is 0.459 e. The van der Waals surface area contributed by atoms with Gasteiger partial charge in [0, 0.05) is 24.0 Å². The Hall–Kier alpha value is -3.37. The minimum Gasteiger partial charge on any atom is -0.459 e. The Kier molecular flexibility index (Phi) is 5.42. The van der Waals surface area contributed by atoms with Crippen LogP contribution in [0.4, 0.5) is 17.1 Å². The lowest BCUT2D eigenvalue weighted by atomic mass is 10.0. The summed E-state index contributed by atoms with van der Waals surface area (Å²) in [5, 5.41) is 10.9. The molecule has 2 aromatic carbocycles. The SMILES string of the molecule is O=C(c1ccco1)N1CCCc2cc(NS(=O)(=O)c3ccc(Cl)c([N+](=O)[O-])c3)ccc21. The van der Waals surface area contributed by atoms with Crippen LogP contribution in [0.1, 0.15) is 22.5 Å². The molecule has 0 saturated carbocycles. The molecule has 0 spiro atoms. The fraction of sp³-hybridized carbons (Fsp3) is 0.150. The maximum Gasteiger partial charge on any atom is 0.293 e. The third-order valence-electron chi connectivity index (χ3n) is 4.85. The van der Waals surface area contributed by atoms with Crippen molar-refractivity contribution in [3.63, 3.8) is 0 Å². The zero-order valence-electron chi connectivity index (χ0n) is 15.9. The van der Waals surface area contributed by atoms with E-state index in [0.717, 1.165) is 11.6 Å². The summed E-state index contributed by atoms with van der Waals surface area (Å²) in [7, 11) is -4.09. The first-order chi connectivity index (χ1) is 14.8. The molecular formula is C20H16ClN3O6S. The molecule has 0 bridgehead atoms. The summed E-state index contributed by atoms with van der Waals surface area (Å²) in [6.45, 7) is 0.520. The minimum absolute atomic E-state index is 0.154. The van der Waals surface area contributed by atoms with Crippen molar-refractivity contribution in [2.24, 2.45) is 0 Å². The summed E-state index contributed by atoms with van der Waals surface area (Å²) in [6.07, 6.45) is 2.80. The van der Waals surface area contributed by atoms with Gasteiger partial charge in [0.05, 0.1) is 16.1 Å². The monoisotopic (exact) mass is 461 g/mol. The van der Waals surface area contributed by atoms with Crippen LogP contribution in [-0.2, 0) is 16.4 Å². The van der Waals surface area contributed by atoms with E-state index in [-0.39, 0.29) is 27.3 Å². The van der Waals surface area contributed by atoms with Crippen molar-refractivity contribution in [1.29, 1.82) is 0 Å². The van der Waals surface area contributed by atoms with Gasteiger partial charge in [0.2, 0.25) is 0 Å². The Morgan fingerprint density at radius 3 is 2.71 bits per heavy atom. The van der Waals surface area contributed by atoms with Crippen LogP contribution in [0.2, 0.25) is 5.02 Å². The molecule has 4 rings (SSSR count). The summed E-state index contributed by atoms with van der Waals surface area (Å²) in [4.78, 5) is 24.3. The van der Waals surface area contributed by atoms with Crippen molar-refractivity contribution in [2.75, 3.05) is 16.2 Å². The van der Waals surface area contributed by atoms with Gasteiger partial charge in [-0.1, -0.05) is 11.6 Å². The summed E-state index contributed by atoms with van der Waals surface area (Å²) < 4.78 is 33.1. The lowest BCUT2D eigenvalue weighted by Gasteiger charge is -2.29. The predicted octanol–water partition coefficient (Wildman–Crippen LogP) is 4.24. The number of hydrogen-bond acceptors (Lipinski definition) is 6. The number of nitrogens with zero attached hydrogens (tertiary/aromatic N) is 2. The van der Waals surface area contributed by atoms with Gasteiger partial charge in [-0.3, -0.25) is 19.6 Å². The molecule has 0 fully saturated rings.